The molecular weight excluding hydrogens is 216 g/mol. The fourth-order valence-electron chi connectivity index (χ4n) is 1.34. The standard InChI is InChI=1S/C12H16N4O/c1-16-12(17)9-5-3-2-4-8(9)10(13)6-7-11(14)15/h2-7H,13-15H2,1H3,(H,16,17)/b10-6-. The summed E-state index contributed by atoms with van der Waals surface area (Å²) in [6, 6.07) is 7.04. The second kappa shape index (κ2) is 5.60. The number of rotatable bonds is 3. The van der Waals surface area contributed by atoms with Gasteiger partial charge in [-0.25, -0.2) is 0 Å². The maximum atomic E-state index is 11.6. The Labute approximate surface area is 100.0 Å². The van der Waals surface area contributed by atoms with Gasteiger partial charge in [0.1, 0.15) is 0 Å². The van der Waals surface area contributed by atoms with E-state index in [4.69, 9.17) is 17.2 Å². The van der Waals surface area contributed by atoms with E-state index in [0.29, 0.717) is 16.8 Å². The van der Waals surface area contributed by atoms with Gasteiger partial charge in [0, 0.05) is 23.9 Å². The molecule has 1 aromatic carbocycles. The number of hydrogen-bond acceptors (Lipinski definition) is 4. The normalized spacial score (nSPS) is 10.8. The van der Waals surface area contributed by atoms with Crippen molar-refractivity contribution in [2.75, 3.05) is 7.05 Å². The smallest absolute Gasteiger partial charge is 0.251 e. The molecule has 0 heterocycles. The molecule has 1 aromatic rings. The highest BCUT2D eigenvalue weighted by molar-refractivity contribution is 5.98. The van der Waals surface area contributed by atoms with Crippen LogP contribution in [-0.4, -0.2) is 13.0 Å². The van der Waals surface area contributed by atoms with Crippen molar-refractivity contribution in [3.63, 3.8) is 0 Å². The Morgan fingerprint density at radius 2 is 1.71 bits per heavy atom. The van der Waals surface area contributed by atoms with E-state index >= 15 is 0 Å². The summed E-state index contributed by atoms with van der Waals surface area (Å²) in [6.07, 6.45) is 3.05. The second-order valence-corrected chi connectivity index (χ2v) is 3.41. The average Bonchev–Trinajstić information content (AvgIpc) is 2.34. The van der Waals surface area contributed by atoms with E-state index in [1.807, 2.05) is 0 Å². The lowest BCUT2D eigenvalue weighted by Gasteiger charge is -2.07. The zero-order valence-electron chi connectivity index (χ0n) is 9.60. The van der Waals surface area contributed by atoms with E-state index in [1.165, 1.54) is 6.08 Å². The van der Waals surface area contributed by atoms with Crippen molar-refractivity contribution in [1.82, 2.24) is 5.32 Å². The molecule has 7 N–H and O–H groups in total. The molecule has 0 saturated carbocycles. The largest absolute Gasteiger partial charge is 0.398 e. The zero-order valence-corrected chi connectivity index (χ0v) is 9.60. The molecule has 0 saturated heterocycles. The minimum atomic E-state index is -0.193. The summed E-state index contributed by atoms with van der Waals surface area (Å²) in [6.45, 7) is 0. The van der Waals surface area contributed by atoms with Gasteiger partial charge >= 0.3 is 0 Å². The lowest BCUT2D eigenvalue weighted by atomic mass is 10.0. The third-order valence-corrected chi connectivity index (χ3v) is 2.17. The Bertz CT molecular complexity index is 473. The molecule has 0 bridgehead atoms. The van der Waals surface area contributed by atoms with Crippen LogP contribution in [0.5, 0.6) is 0 Å². The predicted molar refractivity (Wildman–Crippen MR) is 68.5 cm³/mol. The SMILES string of the molecule is CNC(=O)c1ccccc1/C(N)=C/C=C(N)N. The van der Waals surface area contributed by atoms with Gasteiger partial charge < -0.3 is 22.5 Å². The first-order valence-electron chi connectivity index (χ1n) is 5.06. The van der Waals surface area contributed by atoms with Gasteiger partial charge in [0.05, 0.1) is 5.82 Å². The van der Waals surface area contributed by atoms with E-state index in [0.717, 1.165) is 0 Å². The number of carbonyl (C=O) groups is 1. The molecule has 0 aliphatic heterocycles. The Morgan fingerprint density at radius 3 is 2.24 bits per heavy atom. The summed E-state index contributed by atoms with van der Waals surface area (Å²) in [4.78, 5) is 11.6. The quantitative estimate of drug-likeness (QED) is 0.554. The van der Waals surface area contributed by atoms with Crippen molar-refractivity contribution in [3.05, 3.63) is 53.4 Å². The van der Waals surface area contributed by atoms with Crippen molar-refractivity contribution >= 4 is 11.6 Å². The molecule has 17 heavy (non-hydrogen) atoms. The lowest BCUT2D eigenvalue weighted by Crippen LogP contribution is -2.20. The maximum Gasteiger partial charge on any atom is 0.251 e. The van der Waals surface area contributed by atoms with Crippen LogP contribution in [0.3, 0.4) is 0 Å². The fourth-order valence-corrected chi connectivity index (χ4v) is 1.34. The highest BCUT2D eigenvalue weighted by Gasteiger charge is 2.09. The summed E-state index contributed by atoms with van der Waals surface area (Å²) < 4.78 is 0. The molecule has 0 fully saturated rings. The van der Waals surface area contributed by atoms with Gasteiger partial charge in [-0.3, -0.25) is 4.79 Å². The van der Waals surface area contributed by atoms with E-state index in [9.17, 15) is 4.79 Å². The Morgan fingerprint density at radius 1 is 1.12 bits per heavy atom. The summed E-state index contributed by atoms with van der Waals surface area (Å²) in [5, 5.41) is 2.55. The van der Waals surface area contributed by atoms with Gasteiger partial charge in [-0.05, 0) is 18.2 Å². The summed E-state index contributed by atoms with van der Waals surface area (Å²) in [5.74, 6) is -0.0352. The van der Waals surface area contributed by atoms with Crippen LogP contribution in [0.2, 0.25) is 0 Å². The topological polar surface area (TPSA) is 107 Å². The first-order chi connectivity index (χ1) is 8.06. The molecule has 1 amide bonds. The first-order valence-corrected chi connectivity index (χ1v) is 5.06. The van der Waals surface area contributed by atoms with Gasteiger partial charge in [0.25, 0.3) is 5.91 Å². The number of nitrogens with one attached hydrogen (secondary N) is 1. The zero-order chi connectivity index (χ0) is 12.8. The summed E-state index contributed by atoms with van der Waals surface area (Å²) >= 11 is 0. The number of benzene rings is 1. The molecule has 0 spiro atoms. The second-order valence-electron chi connectivity index (χ2n) is 3.41. The van der Waals surface area contributed by atoms with Crippen LogP contribution in [0.1, 0.15) is 15.9 Å². The van der Waals surface area contributed by atoms with Crippen LogP contribution in [0.25, 0.3) is 5.70 Å². The molecule has 1 rings (SSSR count). The first kappa shape index (κ1) is 12.6. The van der Waals surface area contributed by atoms with Crippen LogP contribution in [0.4, 0.5) is 0 Å². The van der Waals surface area contributed by atoms with Crippen molar-refractivity contribution < 1.29 is 4.79 Å². The van der Waals surface area contributed by atoms with Crippen molar-refractivity contribution in [3.8, 4) is 0 Å². The van der Waals surface area contributed by atoms with Crippen LogP contribution in [-0.2, 0) is 0 Å². The van der Waals surface area contributed by atoms with Gasteiger partial charge in [0.2, 0.25) is 0 Å². The van der Waals surface area contributed by atoms with Crippen molar-refractivity contribution in [1.29, 1.82) is 0 Å². The molecule has 0 atom stereocenters. The number of amides is 1. The highest BCUT2D eigenvalue weighted by Crippen LogP contribution is 2.15. The average molecular weight is 232 g/mol. The van der Waals surface area contributed by atoms with Crippen molar-refractivity contribution in [2.45, 2.75) is 0 Å². The molecule has 5 heteroatoms. The summed E-state index contributed by atoms with van der Waals surface area (Å²) in [7, 11) is 1.57. The minimum Gasteiger partial charge on any atom is -0.398 e. The van der Waals surface area contributed by atoms with Crippen LogP contribution in [0.15, 0.2) is 42.2 Å². The molecule has 5 nitrogen and oxygen atoms in total. The summed E-state index contributed by atoms with van der Waals surface area (Å²) in [5.41, 5.74) is 18.0. The Hall–Kier alpha value is -2.43. The van der Waals surface area contributed by atoms with Gasteiger partial charge in [-0.1, -0.05) is 18.2 Å². The number of nitrogens with two attached hydrogens (primary N) is 3. The minimum absolute atomic E-state index is 0.158. The van der Waals surface area contributed by atoms with Gasteiger partial charge in [0.15, 0.2) is 0 Å². The van der Waals surface area contributed by atoms with Crippen LogP contribution in [0, 0.1) is 0 Å². The molecule has 0 radical (unpaired) electrons. The molecular formula is C12H16N4O. The van der Waals surface area contributed by atoms with Gasteiger partial charge in [-0.2, -0.15) is 0 Å². The Balaban J connectivity index is 3.18. The molecule has 0 unspecified atom stereocenters. The molecule has 0 aromatic heterocycles. The van der Waals surface area contributed by atoms with Crippen LogP contribution >= 0.6 is 0 Å². The van der Waals surface area contributed by atoms with E-state index in [1.54, 1.807) is 37.4 Å². The molecule has 0 aliphatic carbocycles. The number of hydrogen-bond donors (Lipinski definition) is 4. The third-order valence-electron chi connectivity index (χ3n) is 2.17. The monoisotopic (exact) mass is 232 g/mol. The molecule has 90 valence electrons. The fraction of sp³-hybridized carbons (Fsp3) is 0.0833. The lowest BCUT2D eigenvalue weighted by molar-refractivity contribution is 0.0963. The maximum absolute atomic E-state index is 11.6. The van der Waals surface area contributed by atoms with Crippen LogP contribution < -0.4 is 22.5 Å². The number of allylic oxidation sites excluding steroid dienone is 2. The third kappa shape index (κ3) is 3.27. The van der Waals surface area contributed by atoms with E-state index < -0.39 is 0 Å². The van der Waals surface area contributed by atoms with E-state index in [2.05, 4.69) is 5.32 Å². The van der Waals surface area contributed by atoms with E-state index in [-0.39, 0.29) is 11.7 Å². The highest BCUT2D eigenvalue weighted by atomic mass is 16.1. The Kier molecular flexibility index (Phi) is 4.16. The van der Waals surface area contributed by atoms with Gasteiger partial charge in [-0.15, -0.1) is 0 Å². The van der Waals surface area contributed by atoms with Crippen molar-refractivity contribution in [2.24, 2.45) is 17.2 Å². The molecule has 0 aliphatic rings. The predicted octanol–water partition coefficient (Wildman–Crippen LogP) is 0.105. The number of carbonyl (C=O) groups excluding carboxylic acids is 1.